The number of anilines is 2. The van der Waals surface area contributed by atoms with Gasteiger partial charge >= 0.3 is 0 Å². The largest absolute Gasteiger partial charge is 0.492 e. The van der Waals surface area contributed by atoms with Crippen molar-refractivity contribution in [2.24, 2.45) is 5.92 Å². The van der Waals surface area contributed by atoms with E-state index >= 15 is 0 Å². The molecule has 1 aliphatic heterocycles. The zero-order valence-electron chi connectivity index (χ0n) is 20.8. The van der Waals surface area contributed by atoms with Crippen molar-refractivity contribution in [1.82, 2.24) is 10.3 Å². The fraction of sp³-hybridized carbons (Fsp3) is 0.321. The minimum Gasteiger partial charge on any atom is -0.492 e. The van der Waals surface area contributed by atoms with Gasteiger partial charge in [0.05, 0.1) is 28.4 Å². The number of aromatic nitrogens is 1. The van der Waals surface area contributed by atoms with Gasteiger partial charge in [-0.2, -0.15) is 0 Å². The summed E-state index contributed by atoms with van der Waals surface area (Å²) >= 11 is 5.85. The number of rotatable bonds is 8. The van der Waals surface area contributed by atoms with E-state index in [0.29, 0.717) is 28.9 Å². The molecule has 194 valence electrons. The smallest absolute Gasteiger partial charge is 0.259 e. The van der Waals surface area contributed by atoms with E-state index in [4.69, 9.17) is 16.3 Å². The first-order chi connectivity index (χ1) is 17.8. The van der Waals surface area contributed by atoms with E-state index in [-0.39, 0.29) is 23.0 Å². The van der Waals surface area contributed by atoms with Crippen LogP contribution in [0.25, 0.3) is 0 Å². The Balaban J connectivity index is 1.56. The fourth-order valence-electron chi connectivity index (χ4n) is 4.12. The normalized spacial score (nSPS) is 15.3. The minimum absolute atomic E-state index is 0.0420. The lowest BCUT2D eigenvalue weighted by atomic mass is 9.99. The summed E-state index contributed by atoms with van der Waals surface area (Å²) in [7, 11) is 0. The van der Waals surface area contributed by atoms with E-state index in [0.717, 1.165) is 37.6 Å². The first-order valence-corrected chi connectivity index (χ1v) is 12.7. The van der Waals surface area contributed by atoms with E-state index < -0.39 is 17.6 Å². The Hall–Kier alpha value is -3.49. The number of halogens is 2. The second kappa shape index (κ2) is 12.2. The van der Waals surface area contributed by atoms with Crippen molar-refractivity contribution in [3.8, 4) is 5.75 Å². The Kier molecular flexibility index (Phi) is 8.74. The summed E-state index contributed by atoms with van der Waals surface area (Å²) in [5.74, 6) is -0.358. The van der Waals surface area contributed by atoms with Gasteiger partial charge < -0.3 is 20.7 Å². The van der Waals surface area contributed by atoms with Crippen LogP contribution in [0.1, 0.15) is 58.9 Å². The third-order valence-electron chi connectivity index (χ3n) is 6.23. The molecule has 1 aromatic heterocycles. The van der Waals surface area contributed by atoms with Crippen molar-refractivity contribution in [2.75, 3.05) is 30.3 Å². The second-order valence-electron chi connectivity index (χ2n) is 9.39. The molecule has 1 fully saturated rings. The molecule has 3 aromatic rings. The van der Waals surface area contributed by atoms with Crippen LogP contribution in [-0.4, -0.2) is 36.5 Å². The molecule has 2 amide bonds. The van der Waals surface area contributed by atoms with E-state index in [2.05, 4.69) is 34.8 Å². The quantitative estimate of drug-likeness (QED) is 0.342. The predicted octanol–water partition coefficient (Wildman–Crippen LogP) is 5.88. The molecule has 1 atom stereocenters. The summed E-state index contributed by atoms with van der Waals surface area (Å²) in [5.41, 5.74) is 1.50. The molecule has 7 nitrogen and oxygen atoms in total. The molecule has 0 spiro atoms. The Morgan fingerprint density at radius 3 is 2.62 bits per heavy atom. The van der Waals surface area contributed by atoms with Crippen LogP contribution < -0.4 is 20.7 Å². The Labute approximate surface area is 220 Å². The summed E-state index contributed by atoms with van der Waals surface area (Å²) in [6, 6.07) is 12.2. The van der Waals surface area contributed by atoms with Crippen LogP contribution in [0, 0.1) is 11.7 Å². The zero-order valence-corrected chi connectivity index (χ0v) is 21.6. The van der Waals surface area contributed by atoms with E-state index in [9.17, 15) is 14.0 Å². The van der Waals surface area contributed by atoms with E-state index in [1.54, 1.807) is 12.1 Å². The van der Waals surface area contributed by atoms with Crippen LogP contribution in [0.2, 0.25) is 5.02 Å². The highest BCUT2D eigenvalue weighted by Crippen LogP contribution is 2.28. The summed E-state index contributed by atoms with van der Waals surface area (Å²) in [4.78, 5) is 30.3. The highest BCUT2D eigenvalue weighted by atomic mass is 35.5. The molecule has 1 aliphatic rings. The monoisotopic (exact) mass is 524 g/mol. The van der Waals surface area contributed by atoms with Gasteiger partial charge in [0.2, 0.25) is 0 Å². The van der Waals surface area contributed by atoms with Crippen LogP contribution in [0.3, 0.4) is 0 Å². The van der Waals surface area contributed by atoms with Crippen molar-refractivity contribution in [3.63, 3.8) is 0 Å². The maximum atomic E-state index is 14.1. The number of piperidine rings is 1. The van der Waals surface area contributed by atoms with Gasteiger partial charge in [0.1, 0.15) is 17.4 Å². The van der Waals surface area contributed by atoms with Crippen LogP contribution in [0.15, 0.2) is 54.7 Å². The van der Waals surface area contributed by atoms with Gasteiger partial charge in [0.15, 0.2) is 0 Å². The Bertz CT molecular complexity index is 1260. The van der Waals surface area contributed by atoms with Gasteiger partial charge in [-0.05, 0) is 73.3 Å². The zero-order chi connectivity index (χ0) is 26.4. The topological polar surface area (TPSA) is 92.4 Å². The van der Waals surface area contributed by atoms with Gasteiger partial charge in [-0.1, -0.05) is 31.5 Å². The predicted molar refractivity (Wildman–Crippen MR) is 143 cm³/mol. The lowest BCUT2D eigenvalue weighted by Crippen LogP contribution is -2.33. The van der Waals surface area contributed by atoms with Gasteiger partial charge in [-0.3, -0.25) is 9.59 Å². The number of amides is 2. The van der Waals surface area contributed by atoms with Gasteiger partial charge in [-0.25, -0.2) is 9.37 Å². The number of carbonyl (C=O) groups excluding carboxylic acids is 2. The summed E-state index contributed by atoms with van der Waals surface area (Å²) in [6.07, 6.45) is 3.54. The van der Waals surface area contributed by atoms with Gasteiger partial charge in [-0.15, -0.1) is 0 Å². The lowest BCUT2D eigenvalue weighted by Gasteiger charge is -2.24. The summed E-state index contributed by atoms with van der Waals surface area (Å²) < 4.78 is 20.2. The standard InChI is InChI=1S/C28H30ClFN4O3/c1-17(2)19-5-8-22(25(12-19)37-16-18-4-3-11-31-14-18)27(35)33-24-9-7-21(30)13-23(24)28(36)34-26-10-6-20(29)15-32-26/h5-10,12-13,15,17-18,31H,3-4,11,14,16H2,1-2H3,(H,33,35)(H,32,34,36). The third-order valence-corrected chi connectivity index (χ3v) is 6.46. The SMILES string of the molecule is CC(C)c1ccc(C(=O)Nc2ccc(F)cc2C(=O)Nc2ccc(Cl)cn2)c(OCC2CCCNC2)c1. The number of pyridine rings is 1. The highest BCUT2D eigenvalue weighted by Gasteiger charge is 2.21. The molecule has 0 radical (unpaired) electrons. The van der Waals surface area contributed by atoms with Gasteiger partial charge in [0, 0.05) is 18.7 Å². The Morgan fingerprint density at radius 2 is 1.92 bits per heavy atom. The molecule has 4 rings (SSSR count). The number of carbonyl (C=O) groups is 2. The maximum absolute atomic E-state index is 14.1. The molecule has 0 aliphatic carbocycles. The van der Waals surface area contributed by atoms with Crippen molar-refractivity contribution in [3.05, 3.63) is 82.3 Å². The molecule has 1 unspecified atom stereocenters. The number of benzene rings is 2. The summed E-state index contributed by atoms with van der Waals surface area (Å²) in [5, 5.41) is 9.14. The Morgan fingerprint density at radius 1 is 1.11 bits per heavy atom. The van der Waals surface area contributed by atoms with Crippen LogP contribution >= 0.6 is 11.6 Å². The molecular formula is C28H30ClFN4O3. The van der Waals surface area contributed by atoms with E-state index in [1.807, 2.05) is 12.1 Å². The molecule has 0 saturated carbocycles. The molecule has 0 bridgehead atoms. The molecule has 2 heterocycles. The maximum Gasteiger partial charge on any atom is 0.259 e. The van der Waals surface area contributed by atoms with Crippen molar-refractivity contribution >= 4 is 34.9 Å². The molecule has 9 heteroatoms. The first kappa shape index (κ1) is 26.6. The van der Waals surface area contributed by atoms with Crippen LogP contribution in [0.4, 0.5) is 15.9 Å². The number of nitrogens with zero attached hydrogens (tertiary/aromatic N) is 1. The summed E-state index contributed by atoms with van der Waals surface area (Å²) in [6.45, 7) is 6.52. The fourth-order valence-corrected chi connectivity index (χ4v) is 4.23. The minimum atomic E-state index is -0.624. The average molecular weight is 525 g/mol. The molecule has 1 saturated heterocycles. The van der Waals surface area contributed by atoms with Crippen molar-refractivity contribution in [2.45, 2.75) is 32.6 Å². The second-order valence-corrected chi connectivity index (χ2v) is 9.83. The molecule has 2 aromatic carbocycles. The molecule has 37 heavy (non-hydrogen) atoms. The number of hydrogen-bond acceptors (Lipinski definition) is 5. The van der Waals surface area contributed by atoms with Crippen molar-refractivity contribution < 1.29 is 18.7 Å². The third kappa shape index (κ3) is 7.05. The number of hydrogen-bond donors (Lipinski definition) is 3. The van der Waals surface area contributed by atoms with Gasteiger partial charge in [0.25, 0.3) is 11.8 Å². The van der Waals surface area contributed by atoms with Crippen molar-refractivity contribution in [1.29, 1.82) is 0 Å². The molecular weight excluding hydrogens is 495 g/mol. The molecule has 3 N–H and O–H groups in total. The highest BCUT2D eigenvalue weighted by molar-refractivity contribution is 6.30. The van der Waals surface area contributed by atoms with E-state index in [1.165, 1.54) is 24.4 Å². The lowest BCUT2D eigenvalue weighted by molar-refractivity contribution is 0.102. The first-order valence-electron chi connectivity index (χ1n) is 12.3. The van der Waals surface area contributed by atoms with Crippen LogP contribution in [0.5, 0.6) is 5.75 Å². The number of nitrogens with one attached hydrogen (secondary N) is 3. The van der Waals surface area contributed by atoms with Crippen LogP contribution in [-0.2, 0) is 0 Å². The average Bonchev–Trinajstić information content (AvgIpc) is 2.90. The number of ether oxygens (including phenoxy) is 1.